The number of nitrogens with one attached hydrogen (secondary N) is 1. The number of likely N-dealkylation sites (tertiary alicyclic amines) is 1. The molecule has 2 aliphatic carbocycles. The van der Waals surface area contributed by atoms with Crippen LogP contribution in [0.1, 0.15) is 83.1 Å². The molecule has 2 saturated carbocycles. The highest BCUT2D eigenvalue weighted by Gasteiger charge is 2.29. The van der Waals surface area contributed by atoms with E-state index in [2.05, 4.69) is 16.4 Å². The van der Waals surface area contributed by atoms with Crippen LogP contribution in [0.2, 0.25) is 5.02 Å². The van der Waals surface area contributed by atoms with E-state index in [1.165, 1.54) is 42.6 Å². The molecule has 0 bridgehead atoms. The molecular formula is C26H30ClN3O2S. The molecule has 0 atom stereocenters. The minimum Gasteiger partial charge on any atom is -0.342 e. The summed E-state index contributed by atoms with van der Waals surface area (Å²) in [6.07, 6.45) is 12.4. The quantitative estimate of drug-likeness (QED) is 0.532. The van der Waals surface area contributed by atoms with E-state index >= 15 is 0 Å². The van der Waals surface area contributed by atoms with Crippen LogP contribution >= 0.6 is 22.9 Å². The van der Waals surface area contributed by atoms with Gasteiger partial charge in [-0.2, -0.15) is 0 Å². The van der Waals surface area contributed by atoms with Gasteiger partial charge in [0.1, 0.15) is 4.88 Å². The fraction of sp³-hybridized carbons (Fsp3) is 0.500. The van der Waals surface area contributed by atoms with Crippen LogP contribution in [0.4, 0.5) is 5.69 Å². The summed E-state index contributed by atoms with van der Waals surface area (Å²) in [5, 5.41) is 4.83. The number of carbonyl (C=O) groups is 2. The minimum absolute atomic E-state index is 0.124. The van der Waals surface area contributed by atoms with Crippen molar-refractivity contribution in [2.24, 2.45) is 5.92 Å². The average Bonchev–Trinajstić information content (AvgIpc) is 3.29. The molecule has 1 N–H and O–H groups in total. The molecular weight excluding hydrogens is 454 g/mol. The molecule has 3 aliphatic rings. The standard InChI is InChI=1S/C26H30ClN3O2S/c1-16-12-21(27)14-20(23(16)29-24(31)22-15-28-25(33-22)18-6-7-18)13-17-8-10-30(11-9-17)26(32)19-4-2-3-5-19/h12-15,18-19H,2-11H2,1H3,(H,29,31). The molecule has 7 heteroatoms. The van der Waals surface area contributed by atoms with E-state index in [0.29, 0.717) is 21.7 Å². The first-order valence-electron chi connectivity index (χ1n) is 12.0. The zero-order valence-electron chi connectivity index (χ0n) is 19.0. The molecule has 5 rings (SSSR count). The van der Waals surface area contributed by atoms with E-state index in [9.17, 15) is 9.59 Å². The predicted octanol–water partition coefficient (Wildman–Crippen LogP) is 6.43. The first-order chi connectivity index (χ1) is 16.0. The third-order valence-electron chi connectivity index (χ3n) is 7.02. The molecule has 0 spiro atoms. The number of benzene rings is 1. The van der Waals surface area contributed by atoms with Gasteiger partial charge in [0, 0.05) is 29.9 Å². The smallest absolute Gasteiger partial charge is 0.267 e. The van der Waals surface area contributed by atoms with E-state index in [1.54, 1.807) is 6.20 Å². The van der Waals surface area contributed by atoms with Gasteiger partial charge in [-0.05, 0) is 68.7 Å². The first-order valence-corrected chi connectivity index (χ1v) is 13.2. The molecule has 1 aromatic carbocycles. The summed E-state index contributed by atoms with van der Waals surface area (Å²) in [5.74, 6) is 0.996. The molecule has 1 saturated heterocycles. The fourth-order valence-corrected chi connectivity index (χ4v) is 6.21. The van der Waals surface area contributed by atoms with Crippen molar-refractivity contribution in [2.45, 2.75) is 64.2 Å². The first kappa shape index (κ1) is 22.6. The Kier molecular flexibility index (Phi) is 6.57. The average molecular weight is 484 g/mol. The highest BCUT2D eigenvalue weighted by atomic mass is 35.5. The second-order valence-corrected chi connectivity index (χ2v) is 11.1. The summed E-state index contributed by atoms with van der Waals surface area (Å²) in [7, 11) is 0. The van der Waals surface area contributed by atoms with Gasteiger partial charge in [-0.15, -0.1) is 11.3 Å². The van der Waals surface area contributed by atoms with Crippen molar-refractivity contribution in [2.75, 3.05) is 18.4 Å². The highest BCUT2D eigenvalue weighted by Crippen LogP contribution is 2.42. The van der Waals surface area contributed by atoms with Crippen LogP contribution in [-0.4, -0.2) is 34.8 Å². The third kappa shape index (κ3) is 5.17. The minimum atomic E-state index is -0.124. The van der Waals surface area contributed by atoms with E-state index in [-0.39, 0.29) is 11.8 Å². The number of halogens is 1. The number of piperidine rings is 1. The Bertz CT molecular complexity index is 1090. The number of hydrogen-bond acceptors (Lipinski definition) is 4. The summed E-state index contributed by atoms with van der Waals surface area (Å²) in [5.41, 5.74) is 3.94. The Balaban J connectivity index is 1.30. The van der Waals surface area contributed by atoms with Crippen LogP contribution in [0.5, 0.6) is 0 Å². The Labute approximate surface area is 204 Å². The van der Waals surface area contributed by atoms with Crippen molar-refractivity contribution in [3.63, 3.8) is 0 Å². The lowest BCUT2D eigenvalue weighted by atomic mass is 9.97. The molecule has 33 heavy (non-hydrogen) atoms. The molecule has 2 heterocycles. The fourth-order valence-electron chi connectivity index (χ4n) is 4.95. The Morgan fingerprint density at radius 2 is 1.88 bits per heavy atom. The molecule has 5 nitrogen and oxygen atoms in total. The lowest BCUT2D eigenvalue weighted by molar-refractivity contribution is -0.135. The largest absolute Gasteiger partial charge is 0.342 e. The summed E-state index contributed by atoms with van der Waals surface area (Å²) < 4.78 is 0. The number of rotatable bonds is 5. The zero-order valence-corrected chi connectivity index (χ0v) is 20.6. The van der Waals surface area contributed by atoms with Gasteiger partial charge in [-0.1, -0.05) is 36.1 Å². The van der Waals surface area contributed by atoms with Gasteiger partial charge in [0.25, 0.3) is 5.91 Å². The van der Waals surface area contributed by atoms with Crippen molar-refractivity contribution in [3.8, 4) is 0 Å². The molecule has 174 valence electrons. The van der Waals surface area contributed by atoms with Crippen LogP contribution in [0, 0.1) is 12.8 Å². The van der Waals surface area contributed by atoms with Crippen LogP contribution < -0.4 is 5.32 Å². The van der Waals surface area contributed by atoms with Gasteiger partial charge >= 0.3 is 0 Å². The molecule has 2 aromatic rings. The summed E-state index contributed by atoms with van der Waals surface area (Å²) in [4.78, 5) is 32.8. The molecule has 3 fully saturated rings. The van der Waals surface area contributed by atoms with E-state index < -0.39 is 0 Å². The normalized spacial score (nSPS) is 19.1. The van der Waals surface area contributed by atoms with Crippen molar-refractivity contribution in [1.29, 1.82) is 0 Å². The van der Waals surface area contributed by atoms with Gasteiger partial charge in [-0.3, -0.25) is 9.59 Å². The van der Waals surface area contributed by atoms with Crippen LogP contribution in [0.3, 0.4) is 0 Å². The maximum atomic E-state index is 13.0. The Hall–Kier alpha value is -2.18. The molecule has 0 unspecified atom stereocenters. The van der Waals surface area contributed by atoms with Crippen molar-refractivity contribution < 1.29 is 9.59 Å². The maximum Gasteiger partial charge on any atom is 0.267 e. The van der Waals surface area contributed by atoms with Gasteiger partial charge in [0.2, 0.25) is 5.91 Å². The molecule has 1 aromatic heterocycles. The second kappa shape index (κ2) is 9.59. The van der Waals surface area contributed by atoms with Crippen molar-refractivity contribution >= 4 is 46.5 Å². The number of aromatic nitrogens is 1. The summed E-state index contributed by atoms with van der Waals surface area (Å²) in [6.45, 7) is 3.51. The Morgan fingerprint density at radius 1 is 1.15 bits per heavy atom. The molecule has 2 amide bonds. The lowest BCUT2D eigenvalue weighted by Crippen LogP contribution is -2.39. The van der Waals surface area contributed by atoms with Gasteiger partial charge in [0.15, 0.2) is 0 Å². The lowest BCUT2D eigenvalue weighted by Gasteiger charge is -2.30. The number of amides is 2. The van der Waals surface area contributed by atoms with Crippen LogP contribution in [-0.2, 0) is 4.79 Å². The van der Waals surface area contributed by atoms with Gasteiger partial charge in [0.05, 0.1) is 16.9 Å². The van der Waals surface area contributed by atoms with Gasteiger partial charge in [-0.25, -0.2) is 4.98 Å². The third-order valence-corrected chi connectivity index (χ3v) is 8.40. The highest BCUT2D eigenvalue weighted by molar-refractivity contribution is 7.13. The number of aryl methyl sites for hydroxylation is 1. The second-order valence-electron chi connectivity index (χ2n) is 9.59. The van der Waals surface area contributed by atoms with Gasteiger partial charge < -0.3 is 10.2 Å². The number of anilines is 1. The monoisotopic (exact) mass is 483 g/mol. The van der Waals surface area contributed by atoms with Crippen LogP contribution in [0.15, 0.2) is 23.9 Å². The maximum absolute atomic E-state index is 13.0. The number of thiazole rings is 1. The molecule has 0 radical (unpaired) electrons. The Morgan fingerprint density at radius 3 is 2.58 bits per heavy atom. The number of carbonyl (C=O) groups excluding carboxylic acids is 2. The van der Waals surface area contributed by atoms with Crippen LogP contribution in [0.25, 0.3) is 6.08 Å². The summed E-state index contributed by atoms with van der Waals surface area (Å²) in [6, 6.07) is 3.79. The predicted molar refractivity (Wildman–Crippen MR) is 134 cm³/mol. The topological polar surface area (TPSA) is 62.3 Å². The van der Waals surface area contributed by atoms with E-state index in [4.69, 9.17) is 11.6 Å². The summed E-state index contributed by atoms with van der Waals surface area (Å²) >= 11 is 7.87. The van der Waals surface area contributed by atoms with E-state index in [0.717, 1.165) is 60.6 Å². The SMILES string of the molecule is Cc1cc(Cl)cc(C=C2CCN(C(=O)C3CCCC3)CC2)c1NC(=O)c1cnc(C2CC2)s1. The van der Waals surface area contributed by atoms with E-state index in [1.807, 2.05) is 24.0 Å². The number of nitrogens with zero attached hydrogens (tertiary/aromatic N) is 2. The number of hydrogen-bond donors (Lipinski definition) is 1. The van der Waals surface area contributed by atoms with Crippen molar-refractivity contribution in [3.05, 3.63) is 49.9 Å². The van der Waals surface area contributed by atoms with Crippen molar-refractivity contribution in [1.82, 2.24) is 9.88 Å². The molecule has 1 aliphatic heterocycles. The zero-order chi connectivity index (χ0) is 22.9.